The van der Waals surface area contributed by atoms with Gasteiger partial charge in [0.05, 0.1) is 13.2 Å². The number of benzene rings is 2. The van der Waals surface area contributed by atoms with Crippen LogP contribution in [-0.2, 0) is 6.42 Å². The third-order valence-corrected chi connectivity index (χ3v) is 4.22. The van der Waals surface area contributed by atoms with E-state index in [2.05, 4.69) is 28.9 Å². The van der Waals surface area contributed by atoms with Gasteiger partial charge in [0, 0.05) is 10.9 Å². The number of aryl methyl sites for hydroxylation is 2. The summed E-state index contributed by atoms with van der Waals surface area (Å²) in [5, 5.41) is 10.5. The molecule has 0 saturated heterocycles. The minimum atomic E-state index is -0.515. The summed E-state index contributed by atoms with van der Waals surface area (Å²) in [6.07, 6.45) is 0.0424. The number of halogens is 1. The van der Waals surface area contributed by atoms with Gasteiger partial charge in [0.1, 0.15) is 5.75 Å². The maximum atomic E-state index is 10.5. The van der Waals surface area contributed by atoms with E-state index in [4.69, 9.17) is 4.74 Å². The zero-order valence-electron chi connectivity index (χ0n) is 12.0. The molecule has 2 rings (SSSR count). The number of aliphatic hydroxyl groups excluding tert-OH is 1. The highest BCUT2D eigenvalue weighted by atomic mass is 79.9. The molecule has 0 radical (unpaired) electrons. The van der Waals surface area contributed by atoms with E-state index in [0.717, 1.165) is 26.9 Å². The van der Waals surface area contributed by atoms with Crippen LogP contribution in [0.2, 0.25) is 0 Å². The van der Waals surface area contributed by atoms with Gasteiger partial charge in [-0.05, 0) is 48.7 Å². The van der Waals surface area contributed by atoms with E-state index < -0.39 is 6.10 Å². The summed E-state index contributed by atoms with van der Waals surface area (Å²) in [4.78, 5) is 0. The highest BCUT2D eigenvalue weighted by Gasteiger charge is 2.13. The standard InChI is InChI=1S/C17H19BrO2/c1-11-4-6-15(12(2)8-11)17(19)10-13-9-14(20-3)5-7-16(13)18/h4-9,17,19H,10H2,1-3H3. The molecule has 2 aromatic carbocycles. The smallest absolute Gasteiger partial charge is 0.119 e. The second-order valence-corrected chi connectivity index (χ2v) is 5.89. The maximum Gasteiger partial charge on any atom is 0.119 e. The Morgan fingerprint density at radius 2 is 1.90 bits per heavy atom. The lowest BCUT2D eigenvalue weighted by molar-refractivity contribution is 0.177. The Hall–Kier alpha value is -1.32. The molecule has 0 fully saturated rings. The number of hydrogen-bond acceptors (Lipinski definition) is 2. The summed E-state index contributed by atoms with van der Waals surface area (Å²) in [6.45, 7) is 4.09. The summed E-state index contributed by atoms with van der Waals surface area (Å²) in [7, 11) is 1.65. The van der Waals surface area contributed by atoms with E-state index >= 15 is 0 Å². The summed E-state index contributed by atoms with van der Waals surface area (Å²) in [6, 6.07) is 11.9. The number of hydrogen-bond donors (Lipinski definition) is 1. The minimum Gasteiger partial charge on any atom is -0.497 e. The largest absolute Gasteiger partial charge is 0.497 e. The molecule has 0 amide bonds. The van der Waals surface area contributed by atoms with Gasteiger partial charge in [-0.15, -0.1) is 0 Å². The van der Waals surface area contributed by atoms with Crippen molar-refractivity contribution in [2.75, 3.05) is 7.11 Å². The van der Waals surface area contributed by atoms with Gasteiger partial charge in [0.15, 0.2) is 0 Å². The molecule has 2 aromatic rings. The molecule has 2 nitrogen and oxygen atoms in total. The Morgan fingerprint density at radius 3 is 2.55 bits per heavy atom. The Bertz CT molecular complexity index is 608. The lowest BCUT2D eigenvalue weighted by Gasteiger charge is -2.16. The summed E-state index contributed by atoms with van der Waals surface area (Å²) in [5.74, 6) is 0.802. The normalized spacial score (nSPS) is 12.2. The summed E-state index contributed by atoms with van der Waals surface area (Å²) in [5.41, 5.74) is 4.35. The zero-order chi connectivity index (χ0) is 14.7. The average Bonchev–Trinajstić information content (AvgIpc) is 2.41. The lowest BCUT2D eigenvalue weighted by atomic mass is 9.96. The van der Waals surface area contributed by atoms with E-state index in [0.29, 0.717) is 6.42 Å². The van der Waals surface area contributed by atoms with Gasteiger partial charge >= 0.3 is 0 Å². The monoisotopic (exact) mass is 334 g/mol. The molecule has 1 atom stereocenters. The second-order valence-electron chi connectivity index (χ2n) is 5.04. The van der Waals surface area contributed by atoms with Crippen LogP contribution in [0.3, 0.4) is 0 Å². The van der Waals surface area contributed by atoms with E-state index in [1.54, 1.807) is 7.11 Å². The highest BCUT2D eigenvalue weighted by molar-refractivity contribution is 9.10. The molecule has 0 heterocycles. The zero-order valence-corrected chi connectivity index (χ0v) is 13.6. The van der Waals surface area contributed by atoms with Crippen molar-refractivity contribution >= 4 is 15.9 Å². The van der Waals surface area contributed by atoms with Crippen molar-refractivity contribution in [1.82, 2.24) is 0 Å². The molecule has 0 aromatic heterocycles. The number of aliphatic hydroxyl groups is 1. The molecule has 106 valence electrons. The molecular formula is C17H19BrO2. The SMILES string of the molecule is COc1ccc(Br)c(CC(O)c2ccc(C)cc2C)c1. The van der Waals surface area contributed by atoms with Crippen LogP contribution >= 0.6 is 15.9 Å². The Balaban J connectivity index is 2.25. The van der Waals surface area contributed by atoms with Gasteiger partial charge in [-0.3, -0.25) is 0 Å². The molecule has 0 bridgehead atoms. The Morgan fingerprint density at radius 1 is 1.15 bits per heavy atom. The first-order valence-corrected chi connectivity index (χ1v) is 7.38. The van der Waals surface area contributed by atoms with Crippen LogP contribution in [0.4, 0.5) is 0 Å². The van der Waals surface area contributed by atoms with Crippen molar-refractivity contribution < 1.29 is 9.84 Å². The first-order valence-electron chi connectivity index (χ1n) is 6.59. The van der Waals surface area contributed by atoms with E-state index in [1.807, 2.05) is 37.3 Å². The fourth-order valence-corrected chi connectivity index (χ4v) is 2.76. The van der Waals surface area contributed by atoms with E-state index in [9.17, 15) is 5.11 Å². The quantitative estimate of drug-likeness (QED) is 0.900. The van der Waals surface area contributed by atoms with Gasteiger partial charge in [0.25, 0.3) is 0 Å². The fourth-order valence-electron chi connectivity index (χ4n) is 2.35. The topological polar surface area (TPSA) is 29.5 Å². The third-order valence-electron chi connectivity index (χ3n) is 3.45. The second kappa shape index (κ2) is 6.42. The number of ether oxygens (including phenoxy) is 1. The minimum absolute atomic E-state index is 0.515. The third kappa shape index (κ3) is 3.41. The Kier molecular flexibility index (Phi) is 4.84. The van der Waals surface area contributed by atoms with Crippen LogP contribution in [0.25, 0.3) is 0 Å². The Labute approximate surface area is 128 Å². The van der Waals surface area contributed by atoms with Crippen LogP contribution in [0.1, 0.15) is 28.4 Å². The lowest BCUT2D eigenvalue weighted by Crippen LogP contribution is -2.05. The summed E-state index contributed by atoms with van der Waals surface area (Å²) < 4.78 is 6.22. The van der Waals surface area contributed by atoms with Crippen LogP contribution < -0.4 is 4.74 Å². The first kappa shape index (κ1) is 15.1. The van der Waals surface area contributed by atoms with Gasteiger partial charge < -0.3 is 9.84 Å². The summed E-state index contributed by atoms with van der Waals surface area (Å²) >= 11 is 3.52. The van der Waals surface area contributed by atoms with Gasteiger partial charge in [0.2, 0.25) is 0 Å². The van der Waals surface area contributed by atoms with Crippen LogP contribution in [-0.4, -0.2) is 12.2 Å². The van der Waals surface area contributed by atoms with Crippen LogP contribution in [0.15, 0.2) is 40.9 Å². The number of methoxy groups -OCH3 is 1. The molecule has 0 spiro atoms. The highest BCUT2D eigenvalue weighted by Crippen LogP contribution is 2.28. The van der Waals surface area contributed by atoms with E-state index in [-0.39, 0.29) is 0 Å². The van der Waals surface area contributed by atoms with Crippen molar-refractivity contribution in [3.05, 3.63) is 63.1 Å². The van der Waals surface area contributed by atoms with Crippen LogP contribution in [0, 0.1) is 13.8 Å². The average molecular weight is 335 g/mol. The molecule has 0 aliphatic heterocycles. The molecule has 0 saturated carbocycles. The molecule has 3 heteroatoms. The van der Waals surface area contributed by atoms with Crippen LogP contribution in [0.5, 0.6) is 5.75 Å². The molecule has 20 heavy (non-hydrogen) atoms. The van der Waals surface area contributed by atoms with Crippen molar-refractivity contribution in [3.63, 3.8) is 0 Å². The van der Waals surface area contributed by atoms with Crippen molar-refractivity contribution in [1.29, 1.82) is 0 Å². The fraction of sp³-hybridized carbons (Fsp3) is 0.294. The predicted octanol–water partition coefficient (Wildman–Crippen LogP) is 4.35. The van der Waals surface area contributed by atoms with Gasteiger partial charge in [-0.1, -0.05) is 39.7 Å². The van der Waals surface area contributed by atoms with Gasteiger partial charge in [-0.25, -0.2) is 0 Å². The van der Waals surface area contributed by atoms with E-state index in [1.165, 1.54) is 5.56 Å². The maximum absolute atomic E-state index is 10.5. The molecule has 0 aliphatic rings. The van der Waals surface area contributed by atoms with Crippen molar-refractivity contribution in [2.45, 2.75) is 26.4 Å². The number of rotatable bonds is 4. The molecular weight excluding hydrogens is 316 g/mol. The first-order chi connectivity index (χ1) is 9.51. The molecule has 1 unspecified atom stereocenters. The predicted molar refractivity (Wildman–Crippen MR) is 85.3 cm³/mol. The van der Waals surface area contributed by atoms with Gasteiger partial charge in [-0.2, -0.15) is 0 Å². The van der Waals surface area contributed by atoms with Crippen molar-refractivity contribution in [3.8, 4) is 5.75 Å². The van der Waals surface area contributed by atoms with Crippen molar-refractivity contribution in [2.24, 2.45) is 0 Å². The molecule has 1 N–H and O–H groups in total. The molecule has 0 aliphatic carbocycles.